The summed E-state index contributed by atoms with van der Waals surface area (Å²) in [5, 5.41) is 9.51. The Labute approximate surface area is 118 Å². The van der Waals surface area contributed by atoms with Crippen LogP contribution in [0.3, 0.4) is 0 Å². The third-order valence-electron chi connectivity index (χ3n) is 2.64. The molecule has 0 saturated carbocycles. The molecule has 0 aliphatic carbocycles. The maximum absolute atomic E-state index is 5.54. The van der Waals surface area contributed by atoms with Crippen molar-refractivity contribution < 1.29 is 0 Å². The van der Waals surface area contributed by atoms with E-state index in [9.17, 15) is 0 Å². The summed E-state index contributed by atoms with van der Waals surface area (Å²) in [4.78, 5) is 10.2. The summed E-state index contributed by atoms with van der Waals surface area (Å²) in [7, 11) is 1.89. The molecule has 0 aliphatic rings. The Morgan fingerprint density at radius 3 is 2.95 bits per heavy atom. The minimum atomic E-state index is 0.617. The van der Waals surface area contributed by atoms with Crippen LogP contribution < -0.4 is 5.73 Å². The van der Waals surface area contributed by atoms with Gasteiger partial charge in [0.1, 0.15) is 5.69 Å². The van der Waals surface area contributed by atoms with Gasteiger partial charge in [-0.3, -0.25) is 0 Å². The van der Waals surface area contributed by atoms with Crippen LogP contribution in [-0.4, -0.2) is 26.3 Å². The lowest BCUT2D eigenvalue weighted by Gasteiger charge is -1.93. The van der Waals surface area contributed by atoms with Gasteiger partial charge in [0.15, 0.2) is 11.6 Å². The Balaban J connectivity index is 1.96. The van der Waals surface area contributed by atoms with Crippen LogP contribution >= 0.6 is 22.7 Å². The topological polar surface area (TPSA) is 69.6 Å². The summed E-state index contributed by atoms with van der Waals surface area (Å²) < 4.78 is 1.77. The number of thiazole rings is 1. The fourth-order valence-electron chi connectivity index (χ4n) is 1.77. The molecule has 2 N–H and O–H groups in total. The van der Waals surface area contributed by atoms with Crippen LogP contribution in [0.4, 0.5) is 0 Å². The quantitative estimate of drug-likeness (QED) is 0.800. The van der Waals surface area contributed by atoms with Crippen molar-refractivity contribution in [2.24, 2.45) is 12.8 Å². The molecule has 0 saturated heterocycles. The third kappa shape index (κ3) is 2.44. The first-order chi connectivity index (χ1) is 9.28. The lowest BCUT2D eigenvalue weighted by atomic mass is 10.4. The van der Waals surface area contributed by atoms with Gasteiger partial charge in [-0.15, -0.1) is 27.8 Å². The van der Waals surface area contributed by atoms with Gasteiger partial charge in [0, 0.05) is 18.8 Å². The molecule has 0 spiro atoms. The summed E-state index contributed by atoms with van der Waals surface area (Å²) in [6.07, 6.45) is 0.806. The van der Waals surface area contributed by atoms with Gasteiger partial charge >= 0.3 is 0 Å². The molecule has 5 nitrogen and oxygen atoms in total. The second kappa shape index (κ2) is 5.20. The van der Waals surface area contributed by atoms with Crippen LogP contribution in [0.5, 0.6) is 0 Å². The van der Waals surface area contributed by atoms with Gasteiger partial charge in [0.25, 0.3) is 0 Å². The summed E-state index contributed by atoms with van der Waals surface area (Å²) in [6, 6.07) is 4.02. The van der Waals surface area contributed by atoms with Gasteiger partial charge < -0.3 is 5.73 Å². The number of hydrogen-bond donors (Lipinski definition) is 1. The second-order valence-electron chi connectivity index (χ2n) is 4.03. The second-order valence-corrected chi connectivity index (χ2v) is 5.92. The molecular formula is C12H13N5S2. The lowest BCUT2D eigenvalue weighted by Crippen LogP contribution is -2.02. The maximum atomic E-state index is 5.54. The Morgan fingerprint density at radius 2 is 2.21 bits per heavy atom. The van der Waals surface area contributed by atoms with Gasteiger partial charge in [-0.25, -0.2) is 14.6 Å². The molecule has 19 heavy (non-hydrogen) atoms. The van der Waals surface area contributed by atoms with E-state index < -0.39 is 0 Å². The van der Waals surface area contributed by atoms with Crippen molar-refractivity contribution in [3.8, 4) is 22.2 Å². The zero-order valence-corrected chi connectivity index (χ0v) is 12.0. The molecule has 3 aromatic rings. The Hall–Kier alpha value is -1.57. The molecule has 3 aromatic heterocycles. The minimum Gasteiger partial charge on any atom is -0.330 e. The molecule has 7 heteroatoms. The molecule has 0 unspecified atom stereocenters. The highest BCUT2D eigenvalue weighted by atomic mass is 32.1. The van der Waals surface area contributed by atoms with Crippen molar-refractivity contribution >= 4 is 22.7 Å². The lowest BCUT2D eigenvalue weighted by molar-refractivity contribution is 0.775. The normalized spacial score (nSPS) is 11.1. The fourth-order valence-corrected chi connectivity index (χ4v) is 3.21. The predicted molar refractivity (Wildman–Crippen MR) is 78.2 cm³/mol. The minimum absolute atomic E-state index is 0.617. The highest BCUT2D eigenvalue weighted by Gasteiger charge is 2.14. The van der Waals surface area contributed by atoms with Crippen LogP contribution in [0.15, 0.2) is 22.9 Å². The molecule has 3 heterocycles. The van der Waals surface area contributed by atoms with E-state index in [1.165, 1.54) is 0 Å². The smallest absolute Gasteiger partial charge is 0.191 e. The maximum Gasteiger partial charge on any atom is 0.191 e. The SMILES string of the molecule is Cn1nc(-c2cccs2)nc1-c1csc(CCN)n1. The molecule has 0 fully saturated rings. The summed E-state index contributed by atoms with van der Waals surface area (Å²) >= 11 is 3.25. The number of hydrogen-bond acceptors (Lipinski definition) is 6. The Morgan fingerprint density at radius 1 is 1.32 bits per heavy atom. The number of nitrogens with two attached hydrogens (primary N) is 1. The number of nitrogens with zero attached hydrogens (tertiary/aromatic N) is 4. The molecule has 3 rings (SSSR count). The van der Waals surface area contributed by atoms with Gasteiger partial charge in [-0.05, 0) is 18.0 Å². The first-order valence-corrected chi connectivity index (χ1v) is 7.63. The average molecular weight is 291 g/mol. The van der Waals surface area contributed by atoms with E-state index >= 15 is 0 Å². The molecule has 0 amide bonds. The van der Waals surface area contributed by atoms with E-state index in [1.54, 1.807) is 27.4 Å². The van der Waals surface area contributed by atoms with Gasteiger partial charge in [-0.1, -0.05) is 6.07 Å². The van der Waals surface area contributed by atoms with Crippen LogP contribution in [0, 0.1) is 0 Å². The highest BCUT2D eigenvalue weighted by Crippen LogP contribution is 2.25. The molecule has 0 atom stereocenters. The standard InChI is InChI=1S/C12H13N5S2/c1-17-12(8-7-19-10(14-8)4-5-13)15-11(16-17)9-3-2-6-18-9/h2-3,6-7H,4-5,13H2,1H3. The number of thiophene rings is 1. The Kier molecular flexibility index (Phi) is 3.41. The molecule has 98 valence electrons. The van der Waals surface area contributed by atoms with Crippen LogP contribution in [0.25, 0.3) is 22.2 Å². The average Bonchev–Trinajstić information content (AvgIpc) is 3.08. The van der Waals surface area contributed by atoms with Crippen molar-refractivity contribution in [2.75, 3.05) is 6.54 Å². The van der Waals surface area contributed by atoms with Crippen LogP contribution in [-0.2, 0) is 13.5 Å². The summed E-state index contributed by atoms with van der Waals surface area (Å²) in [6.45, 7) is 0.617. The third-order valence-corrected chi connectivity index (χ3v) is 4.42. The molecular weight excluding hydrogens is 278 g/mol. The van der Waals surface area contributed by atoms with Crippen molar-refractivity contribution in [3.05, 3.63) is 27.9 Å². The predicted octanol–water partition coefficient (Wildman–Crippen LogP) is 2.17. The van der Waals surface area contributed by atoms with Crippen LogP contribution in [0.1, 0.15) is 5.01 Å². The zero-order valence-electron chi connectivity index (χ0n) is 10.4. The molecule has 0 bridgehead atoms. The van der Waals surface area contributed by atoms with E-state index in [2.05, 4.69) is 15.1 Å². The highest BCUT2D eigenvalue weighted by molar-refractivity contribution is 7.13. The fraction of sp³-hybridized carbons (Fsp3) is 0.250. The number of aryl methyl sites for hydroxylation is 1. The number of rotatable bonds is 4. The summed E-state index contributed by atoms with van der Waals surface area (Å²) in [5.74, 6) is 1.55. The largest absolute Gasteiger partial charge is 0.330 e. The Bertz CT molecular complexity index is 668. The van der Waals surface area contributed by atoms with Crippen molar-refractivity contribution in [1.29, 1.82) is 0 Å². The van der Waals surface area contributed by atoms with Gasteiger partial charge in [0.2, 0.25) is 0 Å². The monoisotopic (exact) mass is 291 g/mol. The van der Waals surface area contributed by atoms with E-state index in [0.29, 0.717) is 6.54 Å². The number of aromatic nitrogens is 4. The first kappa shape index (κ1) is 12.5. The summed E-state index contributed by atoms with van der Waals surface area (Å²) in [5.41, 5.74) is 6.41. The molecule has 0 aromatic carbocycles. The van der Waals surface area contributed by atoms with Crippen LogP contribution in [0.2, 0.25) is 0 Å². The van der Waals surface area contributed by atoms with E-state index in [1.807, 2.05) is 29.9 Å². The van der Waals surface area contributed by atoms with Gasteiger partial charge in [0.05, 0.1) is 9.88 Å². The van der Waals surface area contributed by atoms with Gasteiger partial charge in [-0.2, -0.15) is 0 Å². The van der Waals surface area contributed by atoms with Crippen molar-refractivity contribution in [3.63, 3.8) is 0 Å². The van der Waals surface area contributed by atoms with E-state index in [4.69, 9.17) is 5.73 Å². The molecule has 0 aliphatic heterocycles. The van der Waals surface area contributed by atoms with E-state index in [-0.39, 0.29) is 0 Å². The molecule has 0 radical (unpaired) electrons. The van der Waals surface area contributed by atoms with E-state index in [0.717, 1.165) is 33.6 Å². The zero-order chi connectivity index (χ0) is 13.2. The van der Waals surface area contributed by atoms with Crippen molar-refractivity contribution in [1.82, 2.24) is 19.7 Å². The van der Waals surface area contributed by atoms with Crippen molar-refractivity contribution in [2.45, 2.75) is 6.42 Å². The first-order valence-electron chi connectivity index (χ1n) is 5.87.